The Kier molecular flexibility index (Phi) is 8.69. The molecule has 0 saturated heterocycles. The number of carbonyl (C=O) groups excluding carboxylic acids is 1. The number of benzene rings is 2. The van der Waals surface area contributed by atoms with Crippen LogP contribution in [0.2, 0.25) is 0 Å². The van der Waals surface area contributed by atoms with E-state index >= 15 is 8.78 Å². The van der Waals surface area contributed by atoms with E-state index in [1.54, 1.807) is 13.8 Å². The van der Waals surface area contributed by atoms with E-state index < -0.39 is 76.7 Å². The van der Waals surface area contributed by atoms with E-state index in [9.17, 15) is 31.1 Å². The van der Waals surface area contributed by atoms with E-state index in [1.165, 1.54) is 31.3 Å². The number of aliphatic imine (C=N–C) groups is 1. The maximum Gasteiger partial charge on any atom is 0.435 e. The molecule has 244 valence electrons. The van der Waals surface area contributed by atoms with Crippen molar-refractivity contribution in [3.63, 3.8) is 0 Å². The van der Waals surface area contributed by atoms with E-state index in [0.29, 0.717) is 22.7 Å². The molecule has 2 aliphatic carbocycles. The van der Waals surface area contributed by atoms with Gasteiger partial charge in [-0.2, -0.15) is 27.1 Å². The number of hydrogen-bond acceptors (Lipinski definition) is 4. The molecule has 6 nitrogen and oxygen atoms in total. The number of halogens is 8. The Morgan fingerprint density at radius 3 is 2.43 bits per heavy atom. The van der Waals surface area contributed by atoms with Gasteiger partial charge in [-0.05, 0) is 68.0 Å². The van der Waals surface area contributed by atoms with Crippen molar-refractivity contribution in [2.75, 3.05) is 0 Å². The van der Waals surface area contributed by atoms with Crippen LogP contribution in [0, 0.1) is 28.8 Å². The highest BCUT2D eigenvalue weighted by atomic mass is 19.4. The first-order valence-corrected chi connectivity index (χ1v) is 14.4. The third-order valence-corrected chi connectivity index (χ3v) is 8.20. The maximum atomic E-state index is 15.1. The minimum Gasteiger partial charge on any atom is -0.326 e. The van der Waals surface area contributed by atoms with E-state index in [4.69, 9.17) is 5.41 Å². The van der Waals surface area contributed by atoms with Gasteiger partial charge in [-0.1, -0.05) is 13.0 Å². The monoisotopic (exact) mass is 651 g/mol. The van der Waals surface area contributed by atoms with E-state index in [-0.39, 0.29) is 41.1 Å². The van der Waals surface area contributed by atoms with Crippen LogP contribution < -0.4 is 5.32 Å². The summed E-state index contributed by atoms with van der Waals surface area (Å²) in [5, 5.41) is 13.9. The molecule has 0 bridgehead atoms. The van der Waals surface area contributed by atoms with Crippen molar-refractivity contribution < 1.29 is 39.9 Å². The molecule has 3 unspecified atom stereocenters. The van der Waals surface area contributed by atoms with Crippen LogP contribution in [0.1, 0.15) is 79.1 Å². The fourth-order valence-corrected chi connectivity index (χ4v) is 6.20. The molecule has 1 fully saturated rings. The van der Waals surface area contributed by atoms with Crippen molar-refractivity contribution in [2.24, 2.45) is 10.9 Å². The average molecular weight is 652 g/mol. The van der Waals surface area contributed by atoms with Gasteiger partial charge in [0, 0.05) is 53.1 Å². The maximum absolute atomic E-state index is 15.1. The number of nitrogens with one attached hydrogen (secondary N) is 2. The second kappa shape index (κ2) is 12.1. The summed E-state index contributed by atoms with van der Waals surface area (Å²) in [5.74, 6) is -10.1. The van der Waals surface area contributed by atoms with Crippen molar-refractivity contribution in [1.82, 2.24) is 15.1 Å². The zero-order valence-electron chi connectivity index (χ0n) is 24.9. The highest BCUT2D eigenvalue weighted by molar-refractivity contribution is 5.96. The van der Waals surface area contributed by atoms with Gasteiger partial charge in [0.25, 0.3) is 5.92 Å². The number of nitrogens with zero attached hydrogens (tertiary/aromatic N) is 3. The van der Waals surface area contributed by atoms with E-state index in [1.807, 2.05) is 0 Å². The first-order valence-electron chi connectivity index (χ1n) is 14.4. The fraction of sp³-hybridized carbons (Fsp3) is 0.375. The lowest BCUT2D eigenvalue weighted by atomic mass is 9.89. The summed E-state index contributed by atoms with van der Waals surface area (Å²) in [6.45, 7) is 3.71. The Hall–Kier alpha value is -4.36. The Morgan fingerprint density at radius 2 is 1.85 bits per heavy atom. The van der Waals surface area contributed by atoms with Gasteiger partial charge in [0.15, 0.2) is 5.69 Å². The molecule has 0 spiro atoms. The third-order valence-electron chi connectivity index (χ3n) is 8.20. The second-order valence-corrected chi connectivity index (χ2v) is 11.4. The molecule has 2 aliphatic rings. The molecule has 1 saturated carbocycles. The minimum absolute atomic E-state index is 0.0144. The smallest absolute Gasteiger partial charge is 0.326 e. The summed E-state index contributed by atoms with van der Waals surface area (Å²) >= 11 is 0. The lowest BCUT2D eigenvalue weighted by Crippen LogP contribution is -2.32. The van der Waals surface area contributed by atoms with Crippen molar-refractivity contribution in [3.8, 4) is 0 Å². The number of hydrogen-bond donors (Lipinski definition) is 2. The first kappa shape index (κ1) is 33.0. The molecular weight excluding hydrogens is 622 g/mol. The number of fused-ring (bicyclic) bond motifs is 3. The van der Waals surface area contributed by atoms with Gasteiger partial charge in [-0.25, -0.2) is 13.2 Å². The predicted octanol–water partition coefficient (Wildman–Crippen LogP) is 7.77. The summed E-state index contributed by atoms with van der Waals surface area (Å²) in [6, 6.07) is 6.74. The number of alkyl halides is 5. The zero-order chi connectivity index (χ0) is 33.7. The Labute approximate surface area is 258 Å². The van der Waals surface area contributed by atoms with Crippen molar-refractivity contribution in [1.29, 1.82) is 5.41 Å². The van der Waals surface area contributed by atoms with Gasteiger partial charge in [-0.15, -0.1) is 0 Å². The summed E-state index contributed by atoms with van der Waals surface area (Å²) in [5.41, 5.74) is -2.35. The molecule has 0 radical (unpaired) electrons. The molecule has 2 N–H and O–H groups in total. The standard InChI is InChI=1S/C32H29F8N5O/c1-4-20(17-6-7-24(35)21(11-17)15(3)41)28(42-5-2)25(10-16-8-18(33)12-19(34)9-16)43-26(46)14-45-30-27(29(44-45)32(38,39)40)22-13-23(22)31(30,36)37/h5-9,11-12,20,22-23,41H,4,10,13-14H2,1-3H3,(H,43,46)/b28-25-,41-15?,42-5?. The van der Waals surface area contributed by atoms with Crippen LogP contribution in [0.3, 0.4) is 0 Å². The van der Waals surface area contributed by atoms with Crippen LogP contribution in [0.15, 0.2) is 52.8 Å². The molecule has 3 atom stereocenters. The van der Waals surface area contributed by atoms with Crippen molar-refractivity contribution >= 4 is 17.8 Å². The average Bonchev–Trinajstić information content (AvgIpc) is 3.60. The van der Waals surface area contributed by atoms with Crippen LogP contribution in [0.5, 0.6) is 0 Å². The topological polar surface area (TPSA) is 83.1 Å². The number of allylic oxidation sites excluding steroid dienone is 2. The number of carbonyl (C=O) groups is 1. The molecule has 14 heteroatoms. The molecule has 1 amide bonds. The highest BCUT2D eigenvalue weighted by Gasteiger charge is 2.68. The number of aromatic nitrogens is 2. The molecule has 5 rings (SSSR count). The Bertz CT molecular complexity index is 1750. The fourth-order valence-electron chi connectivity index (χ4n) is 6.20. The lowest BCUT2D eigenvalue weighted by Gasteiger charge is -2.23. The van der Waals surface area contributed by atoms with Crippen LogP contribution in [0.4, 0.5) is 35.1 Å². The van der Waals surface area contributed by atoms with Gasteiger partial charge in [0.2, 0.25) is 5.91 Å². The number of amides is 1. The van der Waals surface area contributed by atoms with Crippen molar-refractivity contribution in [2.45, 2.75) is 70.5 Å². The molecule has 46 heavy (non-hydrogen) atoms. The van der Waals surface area contributed by atoms with Gasteiger partial charge < -0.3 is 10.7 Å². The zero-order valence-corrected chi connectivity index (χ0v) is 24.9. The van der Waals surface area contributed by atoms with Crippen molar-refractivity contribution in [3.05, 3.63) is 98.9 Å². The Balaban J connectivity index is 1.59. The lowest BCUT2D eigenvalue weighted by molar-refractivity contribution is -0.142. The first-order chi connectivity index (χ1) is 21.6. The predicted molar refractivity (Wildman–Crippen MR) is 153 cm³/mol. The summed E-state index contributed by atoms with van der Waals surface area (Å²) < 4.78 is 115. The minimum atomic E-state index is -5.02. The normalized spacial score (nSPS) is 19.5. The molecule has 1 heterocycles. The molecule has 0 aliphatic heterocycles. The quantitative estimate of drug-likeness (QED) is 0.174. The van der Waals surface area contributed by atoms with Gasteiger partial charge in [-0.3, -0.25) is 14.5 Å². The number of rotatable bonds is 10. The van der Waals surface area contributed by atoms with Gasteiger partial charge in [0.05, 0.1) is 5.70 Å². The second-order valence-electron chi connectivity index (χ2n) is 11.4. The third kappa shape index (κ3) is 6.21. The van der Waals surface area contributed by atoms with Gasteiger partial charge >= 0.3 is 6.18 Å². The summed E-state index contributed by atoms with van der Waals surface area (Å²) in [7, 11) is 0. The largest absolute Gasteiger partial charge is 0.435 e. The summed E-state index contributed by atoms with van der Waals surface area (Å²) in [4.78, 5) is 17.9. The molecule has 2 aromatic carbocycles. The van der Waals surface area contributed by atoms with Crippen LogP contribution >= 0.6 is 0 Å². The molecule has 1 aromatic heterocycles. The van der Waals surface area contributed by atoms with Crippen LogP contribution in [0.25, 0.3) is 0 Å². The highest BCUT2D eigenvalue weighted by Crippen LogP contribution is 2.68. The van der Waals surface area contributed by atoms with E-state index in [0.717, 1.165) is 12.1 Å². The molecular formula is C32H29F8N5O. The SMILES string of the molecule is CC=N/C(=C(/Cc1cc(F)cc(F)c1)NC(=O)Cn1nc(C(F)(F)F)c2c1C(F)(F)C1CC21)C(CC)c1ccc(F)c(C(C)=N)c1. The Morgan fingerprint density at radius 1 is 1.17 bits per heavy atom. The van der Waals surface area contributed by atoms with E-state index in [2.05, 4.69) is 15.4 Å². The van der Waals surface area contributed by atoms with Crippen LogP contribution in [-0.4, -0.2) is 27.6 Å². The van der Waals surface area contributed by atoms with Crippen LogP contribution in [-0.2, 0) is 29.9 Å². The molecule has 3 aromatic rings. The van der Waals surface area contributed by atoms with Gasteiger partial charge in [0.1, 0.15) is 29.7 Å². The summed E-state index contributed by atoms with van der Waals surface area (Å²) in [6.07, 6.45) is -3.77.